The summed E-state index contributed by atoms with van der Waals surface area (Å²) in [6.45, 7) is 2.49. The van der Waals surface area contributed by atoms with Gasteiger partial charge >= 0.3 is 0 Å². The van der Waals surface area contributed by atoms with Crippen LogP contribution in [0.15, 0.2) is 47.3 Å². The smallest absolute Gasteiger partial charge is 0.290 e. The van der Waals surface area contributed by atoms with Crippen LogP contribution in [-0.2, 0) is 17.8 Å². The molecule has 3 aromatic rings. The lowest BCUT2D eigenvalue weighted by Gasteiger charge is -2.12. The predicted octanol–water partition coefficient (Wildman–Crippen LogP) is 2.61. The molecular weight excluding hydrogens is 424 g/mol. The Morgan fingerprint density at radius 3 is 2.39 bits per heavy atom. The number of methoxy groups -OCH3 is 2. The molecule has 2 aromatic carbocycles. The molecule has 0 saturated carbocycles. The van der Waals surface area contributed by atoms with Crippen molar-refractivity contribution < 1.29 is 19.1 Å². The first-order valence-electron chi connectivity index (χ1n) is 10.8. The summed E-state index contributed by atoms with van der Waals surface area (Å²) in [4.78, 5) is 38.0. The highest BCUT2D eigenvalue weighted by Crippen LogP contribution is 2.27. The fourth-order valence-corrected chi connectivity index (χ4v) is 3.47. The second kappa shape index (κ2) is 11.1. The zero-order valence-corrected chi connectivity index (χ0v) is 19.0. The number of fused-ring (bicyclic) bond motifs is 1. The van der Waals surface area contributed by atoms with Crippen molar-refractivity contribution >= 4 is 22.6 Å². The summed E-state index contributed by atoms with van der Waals surface area (Å²) in [6, 6.07) is 12.0. The Hall–Kier alpha value is -3.88. The molecule has 0 fully saturated rings. The number of benzene rings is 2. The zero-order chi connectivity index (χ0) is 23.8. The number of nitrogens with zero attached hydrogens (tertiary/aromatic N) is 2. The highest BCUT2D eigenvalue weighted by Gasteiger charge is 2.17. The first kappa shape index (κ1) is 23.8. The average Bonchev–Trinajstić information content (AvgIpc) is 2.84. The van der Waals surface area contributed by atoms with Crippen molar-refractivity contribution in [1.82, 2.24) is 20.6 Å². The van der Waals surface area contributed by atoms with Gasteiger partial charge in [0, 0.05) is 11.9 Å². The highest BCUT2D eigenvalue weighted by atomic mass is 16.5. The first-order chi connectivity index (χ1) is 16.0. The summed E-state index contributed by atoms with van der Waals surface area (Å²) in [7, 11) is 3.05. The quantitative estimate of drug-likeness (QED) is 0.381. The standard InChI is InChI=1S/C24H28N4O5/c1-4-5-8-13-28-24(31)18-10-7-6-9-17(18)22(27-28)23(30)26-25-21(29)15-16-11-12-19(32-2)20(14-16)33-3/h6-7,9-12,14H,4-5,8,13,15H2,1-3H3,(H,25,29)(H,26,30). The molecule has 0 atom stereocenters. The lowest BCUT2D eigenvalue weighted by atomic mass is 10.1. The summed E-state index contributed by atoms with van der Waals surface area (Å²) in [6.07, 6.45) is 2.76. The van der Waals surface area contributed by atoms with E-state index in [2.05, 4.69) is 22.9 Å². The first-order valence-corrected chi connectivity index (χ1v) is 10.8. The Morgan fingerprint density at radius 2 is 1.70 bits per heavy atom. The van der Waals surface area contributed by atoms with Crippen molar-refractivity contribution in [1.29, 1.82) is 0 Å². The maximum absolute atomic E-state index is 12.9. The molecule has 174 valence electrons. The van der Waals surface area contributed by atoms with Crippen molar-refractivity contribution in [2.75, 3.05) is 14.2 Å². The SMILES string of the molecule is CCCCCn1nc(C(=O)NNC(=O)Cc2ccc(OC)c(OC)c2)c2ccccc2c1=O. The van der Waals surface area contributed by atoms with Crippen LogP contribution >= 0.6 is 0 Å². The van der Waals surface area contributed by atoms with Gasteiger partial charge in [0.25, 0.3) is 11.5 Å². The van der Waals surface area contributed by atoms with Crippen molar-refractivity contribution in [2.45, 2.75) is 39.2 Å². The monoisotopic (exact) mass is 452 g/mol. The van der Waals surface area contributed by atoms with E-state index in [9.17, 15) is 14.4 Å². The average molecular weight is 453 g/mol. The van der Waals surface area contributed by atoms with Crippen LogP contribution < -0.4 is 25.9 Å². The fourth-order valence-electron chi connectivity index (χ4n) is 3.47. The second-order valence-electron chi connectivity index (χ2n) is 7.50. The molecule has 33 heavy (non-hydrogen) atoms. The van der Waals surface area contributed by atoms with Gasteiger partial charge in [-0.2, -0.15) is 5.10 Å². The van der Waals surface area contributed by atoms with E-state index in [1.165, 1.54) is 18.9 Å². The number of unbranched alkanes of at least 4 members (excludes halogenated alkanes) is 2. The number of carbonyl (C=O) groups excluding carboxylic acids is 2. The molecule has 2 amide bonds. The number of carbonyl (C=O) groups is 2. The molecule has 9 heteroatoms. The van der Waals surface area contributed by atoms with Crippen molar-refractivity contribution in [3.63, 3.8) is 0 Å². The summed E-state index contributed by atoms with van der Waals surface area (Å²) < 4.78 is 11.8. The van der Waals surface area contributed by atoms with Crippen LogP contribution in [0, 0.1) is 0 Å². The molecule has 0 aliphatic carbocycles. The van der Waals surface area contributed by atoms with Gasteiger partial charge in [-0.15, -0.1) is 0 Å². The number of hydrogen-bond donors (Lipinski definition) is 2. The number of amides is 2. The molecule has 0 unspecified atom stereocenters. The lowest BCUT2D eigenvalue weighted by molar-refractivity contribution is -0.121. The normalized spacial score (nSPS) is 10.6. The molecule has 2 N–H and O–H groups in total. The summed E-state index contributed by atoms with van der Waals surface area (Å²) in [5, 5.41) is 5.13. The van der Waals surface area contributed by atoms with E-state index in [0.29, 0.717) is 34.4 Å². The number of aromatic nitrogens is 2. The Labute approximate surface area is 191 Å². The van der Waals surface area contributed by atoms with Crippen LogP contribution in [0.1, 0.15) is 42.2 Å². The minimum Gasteiger partial charge on any atom is -0.493 e. The lowest BCUT2D eigenvalue weighted by Crippen LogP contribution is -2.43. The van der Waals surface area contributed by atoms with Gasteiger partial charge in [0.1, 0.15) is 0 Å². The van der Waals surface area contributed by atoms with Gasteiger partial charge < -0.3 is 9.47 Å². The zero-order valence-electron chi connectivity index (χ0n) is 19.0. The number of hydrogen-bond acceptors (Lipinski definition) is 6. The van der Waals surface area contributed by atoms with Gasteiger partial charge in [0.2, 0.25) is 5.91 Å². The molecule has 0 saturated heterocycles. The molecule has 1 aromatic heterocycles. The van der Waals surface area contributed by atoms with Gasteiger partial charge in [0.05, 0.1) is 26.0 Å². The molecule has 9 nitrogen and oxygen atoms in total. The van der Waals surface area contributed by atoms with Crippen LogP contribution in [0.5, 0.6) is 11.5 Å². The van der Waals surface area contributed by atoms with Gasteiger partial charge in [0.15, 0.2) is 17.2 Å². The Kier molecular flexibility index (Phi) is 8.01. The molecule has 3 rings (SSSR count). The molecule has 1 heterocycles. The van der Waals surface area contributed by atoms with Crippen LogP contribution in [0.3, 0.4) is 0 Å². The van der Waals surface area contributed by atoms with E-state index in [4.69, 9.17) is 9.47 Å². The fraction of sp³-hybridized carbons (Fsp3) is 0.333. The maximum Gasteiger partial charge on any atom is 0.290 e. The Balaban J connectivity index is 1.74. The van der Waals surface area contributed by atoms with Crippen LogP contribution in [-0.4, -0.2) is 35.8 Å². The maximum atomic E-state index is 12.9. The Bertz CT molecular complexity index is 1210. The minimum atomic E-state index is -0.601. The number of aryl methyl sites for hydroxylation is 1. The van der Waals surface area contributed by atoms with Crippen LogP contribution in [0.2, 0.25) is 0 Å². The van der Waals surface area contributed by atoms with E-state index in [1.54, 1.807) is 42.5 Å². The van der Waals surface area contributed by atoms with E-state index >= 15 is 0 Å². The topological polar surface area (TPSA) is 112 Å². The van der Waals surface area contributed by atoms with Gasteiger partial charge in [-0.25, -0.2) is 4.68 Å². The van der Waals surface area contributed by atoms with Crippen LogP contribution in [0.4, 0.5) is 0 Å². The largest absolute Gasteiger partial charge is 0.493 e. The molecular formula is C24H28N4O5. The summed E-state index contributed by atoms with van der Waals surface area (Å²) in [5.41, 5.74) is 5.34. The van der Waals surface area contributed by atoms with Gasteiger partial charge in [-0.1, -0.05) is 44.0 Å². The molecule has 0 aliphatic heterocycles. The summed E-state index contributed by atoms with van der Waals surface area (Å²) in [5.74, 6) is 0.0436. The number of hydrazine groups is 1. The van der Waals surface area contributed by atoms with Gasteiger partial charge in [-0.3, -0.25) is 25.2 Å². The van der Waals surface area contributed by atoms with Crippen molar-refractivity contribution in [3.8, 4) is 11.5 Å². The third-order valence-corrected chi connectivity index (χ3v) is 5.18. The van der Waals surface area contributed by atoms with Crippen LogP contribution in [0.25, 0.3) is 10.8 Å². The number of ether oxygens (including phenoxy) is 2. The minimum absolute atomic E-state index is 0.0192. The highest BCUT2D eigenvalue weighted by molar-refractivity contribution is 6.05. The second-order valence-corrected chi connectivity index (χ2v) is 7.50. The van der Waals surface area contributed by atoms with Crippen molar-refractivity contribution in [2.24, 2.45) is 0 Å². The number of nitrogens with one attached hydrogen (secondary N) is 2. The van der Waals surface area contributed by atoms with E-state index in [-0.39, 0.29) is 17.7 Å². The molecule has 0 aliphatic rings. The van der Waals surface area contributed by atoms with E-state index in [1.807, 2.05) is 0 Å². The van der Waals surface area contributed by atoms with Gasteiger partial charge in [-0.05, 0) is 30.2 Å². The van der Waals surface area contributed by atoms with E-state index < -0.39 is 11.8 Å². The van der Waals surface area contributed by atoms with Crippen molar-refractivity contribution in [3.05, 3.63) is 64.1 Å². The van der Waals surface area contributed by atoms with E-state index in [0.717, 1.165) is 19.3 Å². The Morgan fingerprint density at radius 1 is 0.970 bits per heavy atom. The predicted molar refractivity (Wildman–Crippen MR) is 124 cm³/mol. The summed E-state index contributed by atoms with van der Waals surface area (Å²) >= 11 is 0. The molecule has 0 radical (unpaired) electrons. The molecule has 0 bridgehead atoms. The third kappa shape index (κ3) is 5.68. The third-order valence-electron chi connectivity index (χ3n) is 5.18. The molecule has 0 spiro atoms. The number of rotatable bonds is 9.